The first-order chi connectivity index (χ1) is 12.8. The van der Waals surface area contributed by atoms with Crippen molar-refractivity contribution in [3.05, 3.63) is 38.8 Å². The van der Waals surface area contributed by atoms with Gasteiger partial charge < -0.3 is 5.32 Å². The summed E-state index contributed by atoms with van der Waals surface area (Å²) in [6.45, 7) is 4.85. The molecule has 0 spiro atoms. The molecule has 1 aliphatic rings. The topological polar surface area (TPSA) is 79.4 Å². The number of benzene rings is 1. The van der Waals surface area contributed by atoms with E-state index in [0.29, 0.717) is 29.3 Å². The van der Waals surface area contributed by atoms with Crippen molar-refractivity contribution < 1.29 is 13.2 Å². The molecule has 1 saturated heterocycles. The number of aromatic nitrogens is 1. The molecular formula is C18H22ClN3O3S2. The van der Waals surface area contributed by atoms with Gasteiger partial charge in [-0.05, 0) is 50.8 Å². The van der Waals surface area contributed by atoms with E-state index in [1.54, 1.807) is 13.0 Å². The number of carbonyl (C=O) groups is 1. The van der Waals surface area contributed by atoms with Crippen molar-refractivity contribution in [1.82, 2.24) is 9.29 Å². The number of hydrogen-bond acceptors (Lipinski definition) is 5. The number of sulfonamides is 1. The Labute approximate surface area is 168 Å². The fourth-order valence-electron chi connectivity index (χ4n) is 3.02. The zero-order valence-electron chi connectivity index (χ0n) is 15.3. The Bertz CT molecular complexity index is 951. The fraction of sp³-hybridized carbons (Fsp3) is 0.444. The predicted molar refractivity (Wildman–Crippen MR) is 108 cm³/mol. The molecule has 0 unspecified atom stereocenters. The minimum Gasteiger partial charge on any atom is -0.321 e. The minimum absolute atomic E-state index is 0.0246. The fourth-order valence-corrected chi connectivity index (χ4v) is 6.10. The lowest BCUT2D eigenvalue weighted by atomic mass is 10.3. The van der Waals surface area contributed by atoms with Crippen molar-refractivity contribution in [2.75, 3.05) is 18.4 Å². The Morgan fingerprint density at radius 3 is 2.70 bits per heavy atom. The number of rotatable bonds is 6. The van der Waals surface area contributed by atoms with Gasteiger partial charge in [0.05, 0.1) is 15.7 Å². The summed E-state index contributed by atoms with van der Waals surface area (Å²) in [6.07, 6.45) is 3.48. The maximum atomic E-state index is 12.8. The number of anilines is 1. The lowest BCUT2D eigenvalue weighted by Crippen LogP contribution is -2.28. The first kappa shape index (κ1) is 20.3. The average molecular weight is 428 g/mol. The highest BCUT2D eigenvalue weighted by Crippen LogP contribution is 2.30. The molecule has 1 aromatic carbocycles. The summed E-state index contributed by atoms with van der Waals surface area (Å²) >= 11 is 7.52. The van der Waals surface area contributed by atoms with Gasteiger partial charge in [0.15, 0.2) is 0 Å². The van der Waals surface area contributed by atoms with E-state index in [2.05, 4.69) is 17.2 Å². The van der Waals surface area contributed by atoms with E-state index < -0.39 is 10.0 Å². The third kappa shape index (κ3) is 4.34. The summed E-state index contributed by atoms with van der Waals surface area (Å²) in [5.74, 6) is -0.292. The molecule has 27 heavy (non-hydrogen) atoms. The van der Waals surface area contributed by atoms with Crippen LogP contribution in [0.5, 0.6) is 0 Å². The second-order valence-corrected chi connectivity index (χ2v) is 9.88. The van der Waals surface area contributed by atoms with Gasteiger partial charge in [-0.1, -0.05) is 18.5 Å². The molecule has 0 radical (unpaired) electrons. The number of amides is 1. The smallest absolute Gasteiger partial charge is 0.267 e. The van der Waals surface area contributed by atoms with Crippen molar-refractivity contribution in [1.29, 1.82) is 0 Å². The zero-order valence-corrected chi connectivity index (χ0v) is 17.7. The Kier molecular flexibility index (Phi) is 6.20. The van der Waals surface area contributed by atoms with Gasteiger partial charge in [0.25, 0.3) is 5.91 Å². The molecule has 146 valence electrons. The normalized spacial score (nSPS) is 15.2. The van der Waals surface area contributed by atoms with Crippen molar-refractivity contribution in [2.24, 2.45) is 0 Å². The van der Waals surface area contributed by atoms with Crippen LogP contribution in [0.1, 0.15) is 46.6 Å². The lowest BCUT2D eigenvalue weighted by molar-refractivity contribution is 0.102. The molecule has 1 N–H and O–H groups in total. The van der Waals surface area contributed by atoms with Gasteiger partial charge in [0.1, 0.15) is 9.77 Å². The van der Waals surface area contributed by atoms with Gasteiger partial charge in [0, 0.05) is 18.8 Å². The maximum absolute atomic E-state index is 12.8. The van der Waals surface area contributed by atoms with E-state index in [-0.39, 0.29) is 15.8 Å². The Balaban J connectivity index is 1.85. The number of thiazole rings is 1. The van der Waals surface area contributed by atoms with Crippen molar-refractivity contribution in [2.45, 2.75) is 44.4 Å². The molecule has 1 aliphatic heterocycles. The molecule has 0 aliphatic carbocycles. The van der Waals surface area contributed by atoms with Crippen LogP contribution in [-0.2, 0) is 16.4 Å². The highest BCUT2D eigenvalue weighted by atomic mass is 35.5. The van der Waals surface area contributed by atoms with Crippen LogP contribution in [0.25, 0.3) is 0 Å². The van der Waals surface area contributed by atoms with Gasteiger partial charge >= 0.3 is 0 Å². The van der Waals surface area contributed by atoms with Crippen LogP contribution in [0.2, 0.25) is 5.02 Å². The molecular weight excluding hydrogens is 406 g/mol. The van der Waals surface area contributed by atoms with Crippen molar-refractivity contribution in [3.63, 3.8) is 0 Å². The maximum Gasteiger partial charge on any atom is 0.267 e. The second kappa shape index (κ2) is 8.26. The second-order valence-electron chi connectivity index (χ2n) is 6.48. The standard InChI is InChI=1S/C18H22ClN3O3S2/c1-3-6-16-20-12(2)17(26-16)18(23)21-13-7-8-14(19)15(11-13)27(24,25)22-9-4-5-10-22/h7-8,11H,3-6,9-10H2,1-2H3,(H,21,23). The Hall–Kier alpha value is -1.48. The molecule has 0 saturated carbocycles. The van der Waals surface area contributed by atoms with Gasteiger partial charge in [-0.15, -0.1) is 11.3 Å². The monoisotopic (exact) mass is 427 g/mol. The third-order valence-corrected chi connectivity index (χ3v) is 7.98. The van der Waals surface area contributed by atoms with Crippen LogP contribution >= 0.6 is 22.9 Å². The van der Waals surface area contributed by atoms with Gasteiger partial charge in [-0.3, -0.25) is 4.79 Å². The molecule has 9 heteroatoms. The third-order valence-electron chi connectivity index (χ3n) is 4.38. The van der Waals surface area contributed by atoms with Crippen LogP contribution < -0.4 is 5.32 Å². The number of carbonyl (C=O) groups excluding carboxylic acids is 1. The van der Waals surface area contributed by atoms with Crippen LogP contribution in [0, 0.1) is 6.92 Å². The van der Waals surface area contributed by atoms with Crippen LogP contribution in [0.4, 0.5) is 5.69 Å². The molecule has 0 atom stereocenters. The molecule has 1 aromatic heterocycles. The first-order valence-corrected chi connectivity index (χ1v) is 11.5. The summed E-state index contributed by atoms with van der Waals surface area (Å²) in [5.41, 5.74) is 1.08. The number of hydrogen-bond donors (Lipinski definition) is 1. The van der Waals surface area contributed by atoms with Crippen molar-refractivity contribution >= 4 is 44.6 Å². The number of nitrogens with one attached hydrogen (secondary N) is 1. The van der Waals surface area contributed by atoms with Gasteiger partial charge in [0.2, 0.25) is 10.0 Å². The number of aryl methyl sites for hydroxylation is 2. The van der Waals surface area contributed by atoms with Gasteiger partial charge in [-0.25, -0.2) is 13.4 Å². The molecule has 1 fully saturated rings. The van der Waals surface area contributed by atoms with E-state index in [1.165, 1.54) is 27.8 Å². The molecule has 2 heterocycles. The highest BCUT2D eigenvalue weighted by Gasteiger charge is 2.29. The quantitative estimate of drug-likeness (QED) is 0.752. The van der Waals surface area contributed by atoms with Crippen LogP contribution in [0.15, 0.2) is 23.1 Å². The average Bonchev–Trinajstić information content (AvgIpc) is 3.27. The summed E-state index contributed by atoms with van der Waals surface area (Å²) in [6, 6.07) is 4.53. The lowest BCUT2D eigenvalue weighted by Gasteiger charge is -2.17. The number of halogens is 1. The zero-order chi connectivity index (χ0) is 19.6. The Morgan fingerprint density at radius 1 is 1.33 bits per heavy atom. The summed E-state index contributed by atoms with van der Waals surface area (Å²) in [4.78, 5) is 17.6. The van der Waals surface area contributed by atoms with E-state index in [9.17, 15) is 13.2 Å². The van der Waals surface area contributed by atoms with E-state index in [0.717, 1.165) is 30.7 Å². The van der Waals surface area contributed by atoms with Crippen LogP contribution in [0.3, 0.4) is 0 Å². The Morgan fingerprint density at radius 2 is 2.04 bits per heavy atom. The summed E-state index contributed by atoms with van der Waals surface area (Å²) < 4.78 is 27.1. The highest BCUT2D eigenvalue weighted by molar-refractivity contribution is 7.89. The van der Waals surface area contributed by atoms with E-state index in [4.69, 9.17) is 11.6 Å². The predicted octanol–water partition coefficient (Wildman–Crippen LogP) is 4.09. The largest absolute Gasteiger partial charge is 0.321 e. The molecule has 2 aromatic rings. The molecule has 1 amide bonds. The summed E-state index contributed by atoms with van der Waals surface area (Å²) in [7, 11) is -3.66. The molecule has 6 nitrogen and oxygen atoms in total. The minimum atomic E-state index is -3.66. The van der Waals surface area contributed by atoms with E-state index >= 15 is 0 Å². The SMILES string of the molecule is CCCc1nc(C)c(C(=O)Nc2ccc(Cl)c(S(=O)(=O)N3CCCC3)c2)s1. The summed E-state index contributed by atoms with van der Waals surface area (Å²) in [5, 5.41) is 3.85. The van der Waals surface area contributed by atoms with Crippen molar-refractivity contribution in [3.8, 4) is 0 Å². The van der Waals surface area contributed by atoms with E-state index in [1.807, 2.05) is 0 Å². The molecule has 0 bridgehead atoms. The van der Waals surface area contributed by atoms with Gasteiger partial charge in [-0.2, -0.15) is 4.31 Å². The molecule has 3 rings (SSSR count). The first-order valence-electron chi connectivity index (χ1n) is 8.90. The van der Waals surface area contributed by atoms with Crippen LogP contribution in [-0.4, -0.2) is 36.7 Å². The number of nitrogens with zero attached hydrogens (tertiary/aromatic N) is 2.